The predicted octanol–water partition coefficient (Wildman–Crippen LogP) is 0.913. The van der Waals surface area contributed by atoms with Crippen LogP contribution in [0, 0.1) is 13.8 Å². The summed E-state index contributed by atoms with van der Waals surface area (Å²) in [4.78, 5) is 25.6. The van der Waals surface area contributed by atoms with Gasteiger partial charge in [0.15, 0.2) is 0 Å². The summed E-state index contributed by atoms with van der Waals surface area (Å²) in [6.45, 7) is 5.50. The second kappa shape index (κ2) is 5.83. The SMILES string of the molecule is Cc1nc(N)nc(C)c1CC(=O)N1CC[C@@H]2CC[C@H](C1)N2C. The summed E-state index contributed by atoms with van der Waals surface area (Å²) in [5, 5.41) is 0. The first kappa shape index (κ1) is 15.2. The molecule has 6 nitrogen and oxygen atoms in total. The molecule has 0 radical (unpaired) electrons. The third-order valence-corrected chi connectivity index (χ3v) is 5.27. The molecule has 0 unspecified atom stereocenters. The molecule has 2 saturated heterocycles. The fourth-order valence-electron chi connectivity index (χ4n) is 3.82. The number of aryl methyl sites for hydroxylation is 2. The van der Waals surface area contributed by atoms with Crippen molar-refractivity contribution in [2.75, 3.05) is 25.9 Å². The highest BCUT2D eigenvalue weighted by Gasteiger charge is 2.36. The zero-order valence-corrected chi connectivity index (χ0v) is 13.7. The molecule has 0 aliphatic carbocycles. The number of anilines is 1. The van der Waals surface area contributed by atoms with Crippen LogP contribution in [0.2, 0.25) is 0 Å². The molecule has 2 aliphatic heterocycles. The van der Waals surface area contributed by atoms with Gasteiger partial charge in [-0.2, -0.15) is 0 Å². The van der Waals surface area contributed by atoms with Crippen molar-refractivity contribution in [2.24, 2.45) is 0 Å². The van der Waals surface area contributed by atoms with Gasteiger partial charge in [0.2, 0.25) is 11.9 Å². The molecule has 0 spiro atoms. The molecule has 2 bridgehead atoms. The van der Waals surface area contributed by atoms with Crippen LogP contribution in [0.5, 0.6) is 0 Å². The number of fused-ring (bicyclic) bond motifs is 2. The lowest BCUT2D eigenvalue weighted by atomic mass is 10.1. The van der Waals surface area contributed by atoms with Crippen LogP contribution < -0.4 is 5.73 Å². The Morgan fingerprint density at radius 1 is 1.18 bits per heavy atom. The summed E-state index contributed by atoms with van der Waals surface area (Å²) >= 11 is 0. The van der Waals surface area contributed by atoms with E-state index in [1.54, 1.807) is 0 Å². The molecule has 2 fully saturated rings. The molecule has 3 heterocycles. The Bertz CT molecular complexity index is 565. The monoisotopic (exact) mass is 303 g/mol. The van der Waals surface area contributed by atoms with Crippen LogP contribution in [0.1, 0.15) is 36.2 Å². The van der Waals surface area contributed by atoms with Crippen molar-refractivity contribution in [3.05, 3.63) is 17.0 Å². The van der Waals surface area contributed by atoms with E-state index in [2.05, 4.69) is 21.9 Å². The summed E-state index contributed by atoms with van der Waals surface area (Å²) < 4.78 is 0. The first-order valence-corrected chi connectivity index (χ1v) is 8.05. The van der Waals surface area contributed by atoms with Gasteiger partial charge in [-0.25, -0.2) is 9.97 Å². The van der Waals surface area contributed by atoms with Gasteiger partial charge in [0.1, 0.15) is 0 Å². The van der Waals surface area contributed by atoms with Crippen LogP contribution in [0.15, 0.2) is 0 Å². The van der Waals surface area contributed by atoms with E-state index in [9.17, 15) is 4.79 Å². The Hall–Kier alpha value is -1.69. The molecule has 120 valence electrons. The van der Waals surface area contributed by atoms with E-state index in [0.717, 1.165) is 36.5 Å². The van der Waals surface area contributed by atoms with E-state index < -0.39 is 0 Å². The Balaban J connectivity index is 1.73. The van der Waals surface area contributed by atoms with Crippen molar-refractivity contribution < 1.29 is 4.79 Å². The lowest BCUT2D eigenvalue weighted by Crippen LogP contribution is -2.40. The van der Waals surface area contributed by atoms with Crippen LogP contribution in [-0.2, 0) is 11.2 Å². The highest BCUT2D eigenvalue weighted by atomic mass is 16.2. The van der Waals surface area contributed by atoms with Gasteiger partial charge in [-0.15, -0.1) is 0 Å². The number of nitrogens with zero attached hydrogens (tertiary/aromatic N) is 4. The summed E-state index contributed by atoms with van der Waals surface area (Å²) in [5.41, 5.74) is 8.20. The zero-order chi connectivity index (χ0) is 15.9. The van der Waals surface area contributed by atoms with Gasteiger partial charge in [-0.3, -0.25) is 9.69 Å². The van der Waals surface area contributed by atoms with Crippen molar-refractivity contribution in [3.63, 3.8) is 0 Å². The van der Waals surface area contributed by atoms with Crippen LogP contribution in [0.25, 0.3) is 0 Å². The molecular weight excluding hydrogens is 278 g/mol. The van der Waals surface area contributed by atoms with Crippen LogP contribution in [0.4, 0.5) is 5.95 Å². The number of nitrogens with two attached hydrogens (primary N) is 1. The smallest absolute Gasteiger partial charge is 0.227 e. The average Bonchev–Trinajstić information content (AvgIpc) is 2.67. The first-order chi connectivity index (χ1) is 10.5. The van der Waals surface area contributed by atoms with Crippen molar-refractivity contribution in [1.29, 1.82) is 0 Å². The number of rotatable bonds is 2. The lowest BCUT2D eigenvalue weighted by molar-refractivity contribution is -0.130. The van der Waals surface area contributed by atoms with Gasteiger partial charge >= 0.3 is 0 Å². The van der Waals surface area contributed by atoms with E-state index >= 15 is 0 Å². The Kier molecular flexibility index (Phi) is 4.04. The van der Waals surface area contributed by atoms with E-state index in [4.69, 9.17) is 5.73 Å². The van der Waals surface area contributed by atoms with Crippen molar-refractivity contribution >= 4 is 11.9 Å². The minimum absolute atomic E-state index is 0.181. The quantitative estimate of drug-likeness (QED) is 0.879. The molecule has 1 aromatic heterocycles. The van der Waals surface area contributed by atoms with Crippen molar-refractivity contribution in [2.45, 2.75) is 51.6 Å². The highest BCUT2D eigenvalue weighted by molar-refractivity contribution is 5.79. The van der Waals surface area contributed by atoms with Crippen LogP contribution in [0.3, 0.4) is 0 Å². The molecule has 1 aromatic rings. The number of carbonyl (C=O) groups excluding carboxylic acids is 1. The van der Waals surface area contributed by atoms with Gasteiger partial charge in [-0.05, 0) is 40.2 Å². The second-order valence-corrected chi connectivity index (χ2v) is 6.59. The van der Waals surface area contributed by atoms with E-state index in [1.165, 1.54) is 12.8 Å². The van der Waals surface area contributed by atoms with Crippen molar-refractivity contribution in [1.82, 2.24) is 19.8 Å². The Labute approximate surface area is 131 Å². The minimum Gasteiger partial charge on any atom is -0.368 e. The number of carbonyl (C=O) groups is 1. The minimum atomic E-state index is 0.181. The summed E-state index contributed by atoms with van der Waals surface area (Å²) in [5.74, 6) is 0.459. The number of hydrogen-bond acceptors (Lipinski definition) is 5. The molecule has 2 aliphatic rings. The molecule has 1 amide bonds. The van der Waals surface area contributed by atoms with Gasteiger partial charge in [0.25, 0.3) is 0 Å². The van der Waals surface area contributed by atoms with E-state index in [0.29, 0.717) is 18.5 Å². The highest BCUT2D eigenvalue weighted by Crippen LogP contribution is 2.28. The van der Waals surface area contributed by atoms with Crippen molar-refractivity contribution in [3.8, 4) is 0 Å². The van der Waals surface area contributed by atoms with Crippen LogP contribution >= 0.6 is 0 Å². The third-order valence-electron chi connectivity index (χ3n) is 5.27. The fourth-order valence-corrected chi connectivity index (χ4v) is 3.82. The largest absolute Gasteiger partial charge is 0.368 e. The number of hydrogen-bond donors (Lipinski definition) is 1. The average molecular weight is 303 g/mol. The molecule has 2 atom stereocenters. The third kappa shape index (κ3) is 2.79. The lowest BCUT2D eigenvalue weighted by Gasteiger charge is -2.26. The molecule has 0 aromatic carbocycles. The molecule has 22 heavy (non-hydrogen) atoms. The number of likely N-dealkylation sites (tertiary alicyclic amines) is 1. The second-order valence-electron chi connectivity index (χ2n) is 6.59. The maximum atomic E-state index is 12.7. The predicted molar refractivity (Wildman–Crippen MR) is 85.4 cm³/mol. The number of aromatic nitrogens is 2. The standard InChI is InChI=1S/C16H25N5O/c1-10-14(11(2)19-16(17)18-10)8-15(22)21-7-6-12-4-5-13(9-21)20(12)3/h12-13H,4-9H2,1-3H3,(H2,17,18,19)/t12-,13+/m0/s1. The maximum absolute atomic E-state index is 12.7. The number of amides is 1. The summed E-state index contributed by atoms with van der Waals surface area (Å²) in [6.07, 6.45) is 3.93. The van der Waals surface area contributed by atoms with E-state index in [-0.39, 0.29) is 11.9 Å². The summed E-state index contributed by atoms with van der Waals surface area (Å²) in [7, 11) is 2.19. The van der Waals surface area contributed by atoms with Gasteiger partial charge in [-0.1, -0.05) is 0 Å². The fraction of sp³-hybridized carbons (Fsp3) is 0.688. The number of likely N-dealkylation sites (N-methyl/N-ethyl adjacent to an activating group) is 1. The van der Waals surface area contributed by atoms with E-state index in [1.807, 2.05) is 18.7 Å². The molecule has 2 N–H and O–H groups in total. The Morgan fingerprint density at radius 3 is 2.50 bits per heavy atom. The Morgan fingerprint density at radius 2 is 1.82 bits per heavy atom. The van der Waals surface area contributed by atoms with Gasteiger partial charge in [0, 0.05) is 42.1 Å². The van der Waals surface area contributed by atoms with Crippen LogP contribution in [-0.4, -0.2) is 57.9 Å². The van der Waals surface area contributed by atoms with Gasteiger partial charge < -0.3 is 10.6 Å². The maximum Gasteiger partial charge on any atom is 0.227 e. The molecule has 0 saturated carbocycles. The topological polar surface area (TPSA) is 75.3 Å². The normalized spacial score (nSPS) is 25.3. The number of nitrogen functional groups attached to an aromatic ring is 1. The zero-order valence-electron chi connectivity index (χ0n) is 13.7. The first-order valence-electron chi connectivity index (χ1n) is 8.05. The molecule has 6 heteroatoms. The molecular formula is C16H25N5O. The summed E-state index contributed by atoms with van der Waals surface area (Å²) in [6, 6.07) is 1.16. The van der Waals surface area contributed by atoms with Gasteiger partial charge in [0.05, 0.1) is 6.42 Å². The molecule has 3 rings (SSSR count).